The number of benzene rings is 1. The Bertz CT molecular complexity index is 895. The van der Waals surface area contributed by atoms with Gasteiger partial charge in [-0.1, -0.05) is 42.5 Å². The molecule has 6 N–H and O–H groups in total. The van der Waals surface area contributed by atoms with E-state index in [4.69, 9.17) is 5.11 Å². The number of aromatic hydroxyl groups is 2. The van der Waals surface area contributed by atoms with Crippen LogP contribution < -0.4 is 16.0 Å². The summed E-state index contributed by atoms with van der Waals surface area (Å²) >= 11 is 0. The van der Waals surface area contributed by atoms with E-state index in [1.165, 1.54) is 19.1 Å². The van der Waals surface area contributed by atoms with E-state index in [1.807, 2.05) is 12.2 Å². The fraction of sp³-hybridized carbons (Fsp3) is 0.400. The van der Waals surface area contributed by atoms with Crippen molar-refractivity contribution < 1.29 is 29.7 Å². The molecule has 0 saturated heterocycles. The predicted octanol–water partition coefficient (Wildman–Crippen LogP) is 1.60. The molecule has 1 aromatic rings. The molecule has 1 unspecified atom stereocenters. The molecule has 0 aliphatic rings. The lowest BCUT2D eigenvalue weighted by Crippen LogP contribution is -2.46. The molecule has 9 heteroatoms. The molecule has 0 saturated carbocycles. The summed E-state index contributed by atoms with van der Waals surface area (Å²) in [6.45, 7) is 5.63. The van der Waals surface area contributed by atoms with Gasteiger partial charge < -0.3 is 31.3 Å². The molecule has 1 aromatic carbocycles. The van der Waals surface area contributed by atoms with E-state index in [2.05, 4.69) is 22.5 Å². The van der Waals surface area contributed by atoms with E-state index >= 15 is 0 Å². The topological polar surface area (TPSA) is 148 Å². The Labute approximate surface area is 200 Å². The van der Waals surface area contributed by atoms with Gasteiger partial charge in [0.05, 0.1) is 6.61 Å². The average molecular weight is 474 g/mol. The smallest absolute Gasteiger partial charge is 0.242 e. The number of phenols is 2. The zero-order chi connectivity index (χ0) is 25.3. The van der Waals surface area contributed by atoms with Crippen LogP contribution in [-0.4, -0.2) is 58.8 Å². The van der Waals surface area contributed by atoms with Crippen LogP contribution in [0.3, 0.4) is 0 Å². The lowest BCUT2D eigenvalue weighted by Gasteiger charge is -2.18. The van der Waals surface area contributed by atoms with Gasteiger partial charge in [-0.25, -0.2) is 0 Å². The monoisotopic (exact) mass is 473 g/mol. The summed E-state index contributed by atoms with van der Waals surface area (Å²) in [5.41, 5.74) is 1.78. The van der Waals surface area contributed by atoms with Crippen molar-refractivity contribution >= 4 is 17.7 Å². The number of carbonyl (C=O) groups excluding carboxylic acids is 3. The fourth-order valence-corrected chi connectivity index (χ4v) is 3.15. The molecular weight excluding hydrogens is 438 g/mol. The van der Waals surface area contributed by atoms with E-state index in [-0.39, 0.29) is 48.7 Å². The molecule has 0 spiro atoms. The second kappa shape index (κ2) is 16.1. The molecule has 186 valence electrons. The van der Waals surface area contributed by atoms with Gasteiger partial charge in [-0.15, -0.1) is 0 Å². The van der Waals surface area contributed by atoms with Crippen molar-refractivity contribution in [2.24, 2.45) is 0 Å². The number of aliphatic hydroxyl groups excluding tert-OH is 1. The number of hydrogen-bond acceptors (Lipinski definition) is 6. The van der Waals surface area contributed by atoms with Crippen LogP contribution in [0, 0.1) is 0 Å². The first-order valence-electron chi connectivity index (χ1n) is 11.2. The highest BCUT2D eigenvalue weighted by Gasteiger charge is 2.20. The summed E-state index contributed by atoms with van der Waals surface area (Å²) in [5.74, 6) is -1.43. The van der Waals surface area contributed by atoms with Crippen molar-refractivity contribution in [3.05, 3.63) is 60.2 Å². The third kappa shape index (κ3) is 11.9. The van der Waals surface area contributed by atoms with E-state index in [0.717, 1.165) is 11.1 Å². The Balaban J connectivity index is 2.48. The van der Waals surface area contributed by atoms with Crippen molar-refractivity contribution in [1.82, 2.24) is 16.0 Å². The first-order chi connectivity index (χ1) is 16.3. The largest absolute Gasteiger partial charge is 0.504 e. The minimum absolute atomic E-state index is 0.0372. The Kier molecular flexibility index (Phi) is 13.5. The normalized spacial score (nSPS) is 12.2. The number of hydrogen-bond donors (Lipinski definition) is 6. The maximum atomic E-state index is 12.6. The SMILES string of the molecule is C=C/C=C(\C/C=C\CO)CCNC(=O)C(CCC(=O)NCCc1ccc(O)c(O)c1)NC(C)=O. The van der Waals surface area contributed by atoms with E-state index in [9.17, 15) is 24.6 Å². The molecule has 0 aliphatic carbocycles. The highest BCUT2D eigenvalue weighted by atomic mass is 16.3. The number of aliphatic hydroxyl groups is 1. The highest BCUT2D eigenvalue weighted by molar-refractivity contribution is 5.87. The Morgan fingerprint density at radius 2 is 1.82 bits per heavy atom. The number of phenolic OH excluding ortho intramolecular Hbond substituents is 2. The van der Waals surface area contributed by atoms with Gasteiger partial charge >= 0.3 is 0 Å². The van der Waals surface area contributed by atoms with Crippen LogP contribution in [0.5, 0.6) is 11.5 Å². The Morgan fingerprint density at radius 3 is 2.47 bits per heavy atom. The summed E-state index contributed by atoms with van der Waals surface area (Å²) in [5, 5.41) is 35.8. The molecule has 0 aromatic heterocycles. The number of carbonyl (C=O) groups is 3. The zero-order valence-corrected chi connectivity index (χ0v) is 19.5. The number of allylic oxidation sites excluding steroid dienone is 3. The third-order valence-corrected chi connectivity index (χ3v) is 4.88. The van der Waals surface area contributed by atoms with Crippen LogP contribution in [0.15, 0.2) is 54.7 Å². The van der Waals surface area contributed by atoms with Crippen LogP contribution in [0.1, 0.15) is 38.2 Å². The number of rotatable bonds is 15. The maximum absolute atomic E-state index is 12.6. The van der Waals surface area contributed by atoms with E-state index < -0.39 is 6.04 Å². The summed E-state index contributed by atoms with van der Waals surface area (Å²) in [4.78, 5) is 36.3. The molecule has 0 fully saturated rings. The minimum atomic E-state index is -0.835. The van der Waals surface area contributed by atoms with Crippen molar-refractivity contribution in [1.29, 1.82) is 0 Å². The van der Waals surface area contributed by atoms with E-state index in [1.54, 1.807) is 18.2 Å². The zero-order valence-electron chi connectivity index (χ0n) is 19.5. The van der Waals surface area contributed by atoms with Gasteiger partial charge in [0.25, 0.3) is 0 Å². The van der Waals surface area contributed by atoms with Crippen LogP contribution in [0.2, 0.25) is 0 Å². The molecule has 34 heavy (non-hydrogen) atoms. The van der Waals surface area contributed by atoms with Crippen LogP contribution >= 0.6 is 0 Å². The highest BCUT2D eigenvalue weighted by Crippen LogP contribution is 2.24. The molecule has 1 rings (SSSR count). The van der Waals surface area contributed by atoms with Crippen molar-refractivity contribution in [2.45, 2.75) is 45.1 Å². The summed E-state index contributed by atoms with van der Waals surface area (Å²) in [7, 11) is 0. The second-order valence-electron chi connectivity index (χ2n) is 7.67. The van der Waals surface area contributed by atoms with Crippen LogP contribution in [0.4, 0.5) is 0 Å². The lowest BCUT2D eigenvalue weighted by molar-refractivity contribution is -0.128. The Morgan fingerprint density at radius 1 is 1.06 bits per heavy atom. The maximum Gasteiger partial charge on any atom is 0.242 e. The standard InChI is InChI=1S/C25H35N3O6/c1-3-6-19(7-4-5-16-29)12-15-27-25(34)21(28-18(2)30)9-11-24(33)26-14-13-20-8-10-22(31)23(32)17-20/h3-6,8,10,17,21,29,31-32H,1,7,9,11-16H2,2H3,(H,26,33)(H,27,34)(H,28,30)/b5-4-,19-6+. The van der Waals surface area contributed by atoms with Crippen LogP contribution in [-0.2, 0) is 20.8 Å². The van der Waals surface area contributed by atoms with Gasteiger partial charge in [-0.05, 0) is 43.4 Å². The molecule has 3 amide bonds. The fourth-order valence-electron chi connectivity index (χ4n) is 3.15. The van der Waals surface area contributed by atoms with Gasteiger partial charge in [0.2, 0.25) is 17.7 Å². The summed E-state index contributed by atoms with van der Waals surface area (Å²) < 4.78 is 0. The van der Waals surface area contributed by atoms with Gasteiger partial charge in [-0.2, -0.15) is 0 Å². The molecular formula is C25H35N3O6. The summed E-state index contributed by atoms with van der Waals surface area (Å²) in [6.07, 6.45) is 8.84. The quantitative estimate of drug-likeness (QED) is 0.129. The van der Waals surface area contributed by atoms with Crippen molar-refractivity contribution in [3.63, 3.8) is 0 Å². The first-order valence-corrected chi connectivity index (χ1v) is 11.2. The van der Waals surface area contributed by atoms with Gasteiger partial charge in [0.15, 0.2) is 11.5 Å². The van der Waals surface area contributed by atoms with Gasteiger partial charge in [0.1, 0.15) is 6.04 Å². The molecule has 1 atom stereocenters. The lowest BCUT2D eigenvalue weighted by atomic mass is 10.1. The number of amides is 3. The van der Waals surface area contributed by atoms with Crippen molar-refractivity contribution in [3.8, 4) is 11.5 Å². The number of nitrogens with one attached hydrogen (secondary N) is 3. The molecule has 0 bridgehead atoms. The van der Waals surface area contributed by atoms with Crippen LogP contribution in [0.25, 0.3) is 0 Å². The first kappa shape index (κ1) is 28.4. The molecule has 0 heterocycles. The second-order valence-corrected chi connectivity index (χ2v) is 7.67. The molecule has 0 aliphatic heterocycles. The van der Waals surface area contributed by atoms with Gasteiger partial charge in [-0.3, -0.25) is 14.4 Å². The molecule has 0 radical (unpaired) electrons. The van der Waals surface area contributed by atoms with Crippen molar-refractivity contribution in [2.75, 3.05) is 19.7 Å². The van der Waals surface area contributed by atoms with Gasteiger partial charge in [0, 0.05) is 26.4 Å². The average Bonchev–Trinajstić information content (AvgIpc) is 2.78. The Hall–Kier alpha value is -3.59. The minimum Gasteiger partial charge on any atom is -0.504 e. The molecule has 9 nitrogen and oxygen atoms in total. The van der Waals surface area contributed by atoms with E-state index in [0.29, 0.717) is 32.4 Å². The predicted molar refractivity (Wildman–Crippen MR) is 130 cm³/mol. The summed E-state index contributed by atoms with van der Waals surface area (Å²) in [6, 6.07) is 3.62. The third-order valence-electron chi connectivity index (χ3n) is 4.88.